The molecule has 0 heterocycles. The molecule has 0 aromatic rings. The van der Waals surface area contributed by atoms with Crippen molar-refractivity contribution in [1.29, 1.82) is 0 Å². The predicted octanol–water partition coefficient (Wildman–Crippen LogP) is 5.62. The summed E-state index contributed by atoms with van der Waals surface area (Å²) >= 11 is 0. The minimum absolute atomic E-state index is 0.507. The highest BCUT2D eigenvalue weighted by Crippen LogP contribution is 2.27. The molecule has 1 unspecified atom stereocenters. The molecule has 0 heteroatoms. The van der Waals surface area contributed by atoms with Gasteiger partial charge in [0, 0.05) is 0 Å². The average molecular weight is 211 g/mol. The van der Waals surface area contributed by atoms with E-state index in [4.69, 9.17) is 0 Å². The Morgan fingerprint density at radius 1 is 0.933 bits per heavy atom. The normalized spacial score (nSPS) is 14.2. The van der Waals surface area contributed by atoms with Gasteiger partial charge in [0.2, 0.25) is 0 Å². The van der Waals surface area contributed by atoms with Crippen LogP contribution >= 0.6 is 0 Å². The standard InChI is InChI=1S/C15H31/c1-6-7-8-9-10-11-12-14(2)13-15(3,4)5/h14H,1,6-13H2,2-5H3. The summed E-state index contributed by atoms with van der Waals surface area (Å²) in [5, 5.41) is 0. The van der Waals surface area contributed by atoms with Crippen LogP contribution in [-0.4, -0.2) is 0 Å². The molecule has 0 aromatic carbocycles. The number of unbranched alkanes of at least 4 members (excludes halogenated alkanes) is 5. The third kappa shape index (κ3) is 11.9. The van der Waals surface area contributed by atoms with Gasteiger partial charge < -0.3 is 0 Å². The molecule has 0 bridgehead atoms. The molecule has 0 saturated carbocycles. The topological polar surface area (TPSA) is 0 Å². The van der Waals surface area contributed by atoms with Gasteiger partial charge in [-0.2, -0.15) is 0 Å². The Balaban J connectivity index is 3.28. The zero-order valence-electron chi connectivity index (χ0n) is 11.4. The lowest BCUT2D eigenvalue weighted by molar-refractivity contribution is 0.291. The van der Waals surface area contributed by atoms with Gasteiger partial charge in [-0.1, -0.05) is 79.6 Å². The summed E-state index contributed by atoms with van der Waals surface area (Å²) in [4.78, 5) is 0. The van der Waals surface area contributed by atoms with Crippen LogP contribution in [0.25, 0.3) is 0 Å². The van der Waals surface area contributed by atoms with Gasteiger partial charge in [-0.25, -0.2) is 0 Å². The van der Waals surface area contributed by atoms with Crippen LogP contribution < -0.4 is 0 Å². The molecule has 0 amide bonds. The Morgan fingerprint density at radius 2 is 1.47 bits per heavy atom. The van der Waals surface area contributed by atoms with Crippen molar-refractivity contribution in [2.24, 2.45) is 11.3 Å². The predicted molar refractivity (Wildman–Crippen MR) is 70.9 cm³/mol. The minimum atomic E-state index is 0.507. The van der Waals surface area contributed by atoms with E-state index in [0.29, 0.717) is 5.41 Å². The first kappa shape index (κ1) is 15.0. The fraction of sp³-hybridized carbons (Fsp3) is 0.933. The molecule has 0 aliphatic heterocycles. The van der Waals surface area contributed by atoms with Crippen LogP contribution in [0.1, 0.15) is 79.1 Å². The molecular formula is C15H31. The van der Waals surface area contributed by atoms with Crippen molar-refractivity contribution in [2.45, 2.75) is 79.1 Å². The molecule has 0 saturated heterocycles. The summed E-state index contributed by atoms with van der Waals surface area (Å²) in [6.45, 7) is 13.3. The molecule has 0 spiro atoms. The van der Waals surface area contributed by atoms with Crippen molar-refractivity contribution in [3.05, 3.63) is 6.92 Å². The molecule has 15 heavy (non-hydrogen) atoms. The summed E-state index contributed by atoms with van der Waals surface area (Å²) in [5.74, 6) is 0.901. The number of rotatable bonds is 8. The first-order chi connectivity index (χ1) is 6.95. The quantitative estimate of drug-likeness (QED) is 0.457. The summed E-state index contributed by atoms with van der Waals surface area (Å²) in [6.07, 6.45) is 10.9. The lowest BCUT2D eigenvalue weighted by Gasteiger charge is -2.23. The van der Waals surface area contributed by atoms with E-state index in [1.54, 1.807) is 0 Å². The van der Waals surface area contributed by atoms with Gasteiger partial charge in [-0.15, -0.1) is 0 Å². The Kier molecular flexibility index (Phi) is 8.19. The first-order valence-corrected chi connectivity index (χ1v) is 6.75. The lowest BCUT2D eigenvalue weighted by atomic mass is 9.83. The van der Waals surface area contributed by atoms with Crippen LogP contribution in [0.4, 0.5) is 0 Å². The molecule has 0 aliphatic carbocycles. The van der Waals surface area contributed by atoms with Crippen molar-refractivity contribution in [1.82, 2.24) is 0 Å². The van der Waals surface area contributed by atoms with Crippen molar-refractivity contribution in [3.63, 3.8) is 0 Å². The second-order valence-corrected chi connectivity index (χ2v) is 6.28. The van der Waals surface area contributed by atoms with Gasteiger partial charge in [0.1, 0.15) is 0 Å². The maximum Gasteiger partial charge on any atom is -0.0380 e. The summed E-state index contributed by atoms with van der Waals surface area (Å²) in [6, 6.07) is 0. The Bertz CT molecular complexity index is 129. The van der Waals surface area contributed by atoms with E-state index in [9.17, 15) is 0 Å². The van der Waals surface area contributed by atoms with Gasteiger partial charge in [-0.05, 0) is 17.8 Å². The van der Waals surface area contributed by atoms with Gasteiger partial charge in [-0.3, -0.25) is 0 Å². The molecule has 1 atom stereocenters. The molecule has 0 aromatic heterocycles. The molecular weight excluding hydrogens is 180 g/mol. The SMILES string of the molecule is [CH2]CCCCCCCC(C)CC(C)(C)C. The minimum Gasteiger partial charge on any atom is -0.0625 e. The molecule has 0 aliphatic rings. The first-order valence-electron chi connectivity index (χ1n) is 6.75. The second-order valence-electron chi connectivity index (χ2n) is 6.28. The second kappa shape index (κ2) is 8.19. The smallest absolute Gasteiger partial charge is 0.0380 e. The lowest BCUT2D eigenvalue weighted by Crippen LogP contribution is -2.10. The van der Waals surface area contributed by atoms with Crippen molar-refractivity contribution < 1.29 is 0 Å². The highest BCUT2D eigenvalue weighted by Gasteiger charge is 2.14. The third-order valence-electron chi connectivity index (χ3n) is 2.91. The van der Waals surface area contributed by atoms with Crippen LogP contribution in [0.5, 0.6) is 0 Å². The highest BCUT2D eigenvalue weighted by molar-refractivity contribution is 4.66. The van der Waals surface area contributed by atoms with E-state index < -0.39 is 0 Å². The maximum absolute atomic E-state index is 3.87. The van der Waals surface area contributed by atoms with Crippen molar-refractivity contribution in [2.75, 3.05) is 0 Å². The van der Waals surface area contributed by atoms with E-state index >= 15 is 0 Å². The molecule has 0 N–H and O–H groups in total. The van der Waals surface area contributed by atoms with Gasteiger partial charge in [0.05, 0.1) is 0 Å². The van der Waals surface area contributed by atoms with E-state index in [-0.39, 0.29) is 0 Å². The Labute approximate surface area is 97.8 Å². The largest absolute Gasteiger partial charge is 0.0625 e. The Morgan fingerprint density at radius 3 is 2.00 bits per heavy atom. The number of hydrogen-bond donors (Lipinski definition) is 0. The van der Waals surface area contributed by atoms with E-state index in [1.807, 2.05) is 0 Å². The molecule has 91 valence electrons. The molecule has 0 nitrogen and oxygen atoms in total. The summed E-state index contributed by atoms with van der Waals surface area (Å²) in [7, 11) is 0. The summed E-state index contributed by atoms with van der Waals surface area (Å²) < 4.78 is 0. The zero-order valence-corrected chi connectivity index (χ0v) is 11.4. The van der Waals surface area contributed by atoms with Crippen LogP contribution in [-0.2, 0) is 0 Å². The average Bonchev–Trinajstić information content (AvgIpc) is 2.08. The molecule has 0 fully saturated rings. The monoisotopic (exact) mass is 211 g/mol. The van der Waals surface area contributed by atoms with Crippen LogP contribution in [0.3, 0.4) is 0 Å². The van der Waals surface area contributed by atoms with Gasteiger partial charge in [0.25, 0.3) is 0 Å². The number of hydrogen-bond acceptors (Lipinski definition) is 0. The van der Waals surface area contributed by atoms with E-state index in [2.05, 4.69) is 34.6 Å². The fourth-order valence-electron chi connectivity index (χ4n) is 2.35. The van der Waals surface area contributed by atoms with Gasteiger partial charge >= 0.3 is 0 Å². The van der Waals surface area contributed by atoms with Crippen molar-refractivity contribution >= 4 is 0 Å². The van der Waals surface area contributed by atoms with Crippen molar-refractivity contribution in [3.8, 4) is 0 Å². The highest BCUT2D eigenvalue weighted by atomic mass is 14.2. The molecule has 1 radical (unpaired) electrons. The Hall–Kier alpha value is 0. The molecule has 0 rings (SSSR count). The summed E-state index contributed by atoms with van der Waals surface area (Å²) in [5.41, 5.74) is 0.507. The van der Waals surface area contributed by atoms with E-state index in [0.717, 1.165) is 12.3 Å². The zero-order chi connectivity index (χ0) is 11.7. The maximum atomic E-state index is 3.87. The van der Waals surface area contributed by atoms with Gasteiger partial charge in [0.15, 0.2) is 0 Å². The van der Waals surface area contributed by atoms with Crippen LogP contribution in [0.2, 0.25) is 0 Å². The van der Waals surface area contributed by atoms with Crippen LogP contribution in [0.15, 0.2) is 0 Å². The fourth-order valence-corrected chi connectivity index (χ4v) is 2.35. The third-order valence-corrected chi connectivity index (χ3v) is 2.91. The van der Waals surface area contributed by atoms with Crippen LogP contribution in [0, 0.1) is 18.3 Å². The van der Waals surface area contributed by atoms with E-state index in [1.165, 1.54) is 44.9 Å².